The van der Waals surface area contributed by atoms with E-state index in [1.807, 2.05) is 6.92 Å². The van der Waals surface area contributed by atoms with Crippen LogP contribution in [-0.2, 0) is 4.79 Å². The first-order chi connectivity index (χ1) is 9.74. The van der Waals surface area contributed by atoms with E-state index in [0.717, 1.165) is 19.6 Å². The molecule has 116 valence electrons. The first-order valence-electron chi connectivity index (χ1n) is 8.50. The number of carbonyl (C=O) groups excluding carboxylic acids is 1. The van der Waals surface area contributed by atoms with Crippen LogP contribution in [0.4, 0.5) is 0 Å². The van der Waals surface area contributed by atoms with Crippen molar-refractivity contribution in [3.63, 3.8) is 0 Å². The highest BCUT2D eigenvalue weighted by atomic mass is 16.1. The van der Waals surface area contributed by atoms with Crippen LogP contribution in [-0.4, -0.2) is 48.6 Å². The maximum Gasteiger partial charge on any atom is 0.221 e. The zero-order chi connectivity index (χ0) is 14.4. The number of hydrogen-bond acceptors (Lipinski definition) is 3. The van der Waals surface area contributed by atoms with Gasteiger partial charge in [-0.15, -0.1) is 0 Å². The van der Waals surface area contributed by atoms with E-state index in [1.54, 1.807) is 0 Å². The smallest absolute Gasteiger partial charge is 0.221 e. The minimum absolute atomic E-state index is 0.205. The summed E-state index contributed by atoms with van der Waals surface area (Å²) in [6.45, 7) is 7.05. The molecule has 0 radical (unpaired) electrons. The lowest BCUT2D eigenvalue weighted by Gasteiger charge is -2.49. The third-order valence-corrected chi connectivity index (χ3v) is 4.78. The highest BCUT2D eigenvalue weighted by molar-refractivity contribution is 5.75. The Hall–Kier alpha value is -0.610. The van der Waals surface area contributed by atoms with Crippen LogP contribution in [0.5, 0.6) is 0 Å². The molecule has 0 saturated carbocycles. The second-order valence-electron chi connectivity index (χ2n) is 6.30. The number of carbonyl (C=O) groups is 1. The van der Waals surface area contributed by atoms with Crippen LogP contribution < -0.4 is 10.6 Å². The zero-order valence-corrected chi connectivity index (χ0v) is 13.2. The summed E-state index contributed by atoms with van der Waals surface area (Å²) in [5.41, 5.74) is 0. The fourth-order valence-corrected chi connectivity index (χ4v) is 3.87. The van der Waals surface area contributed by atoms with Crippen molar-refractivity contribution in [2.75, 3.05) is 19.6 Å². The molecule has 2 unspecified atom stereocenters. The number of nitrogens with zero attached hydrogens (tertiary/aromatic N) is 1. The molecule has 0 aromatic heterocycles. The second kappa shape index (κ2) is 7.99. The number of piperidine rings is 2. The Morgan fingerprint density at radius 1 is 1.20 bits per heavy atom. The summed E-state index contributed by atoms with van der Waals surface area (Å²) < 4.78 is 0. The molecule has 2 bridgehead atoms. The zero-order valence-electron chi connectivity index (χ0n) is 13.2. The van der Waals surface area contributed by atoms with Gasteiger partial charge in [-0.1, -0.05) is 13.3 Å². The number of rotatable bonds is 7. The van der Waals surface area contributed by atoms with E-state index in [9.17, 15) is 4.79 Å². The normalized spacial score (nSPS) is 30.2. The molecule has 2 aliphatic heterocycles. The average molecular weight is 281 g/mol. The molecule has 2 fully saturated rings. The van der Waals surface area contributed by atoms with Gasteiger partial charge in [-0.2, -0.15) is 0 Å². The van der Waals surface area contributed by atoms with E-state index in [1.165, 1.54) is 38.5 Å². The molecule has 1 amide bonds. The number of amides is 1. The van der Waals surface area contributed by atoms with E-state index in [2.05, 4.69) is 22.5 Å². The van der Waals surface area contributed by atoms with Crippen LogP contribution in [0.15, 0.2) is 0 Å². The third-order valence-electron chi connectivity index (χ3n) is 4.78. The monoisotopic (exact) mass is 281 g/mol. The maximum atomic E-state index is 11.7. The van der Waals surface area contributed by atoms with Crippen molar-refractivity contribution in [3.8, 4) is 0 Å². The highest BCUT2D eigenvalue weighted by Gasteiger charge is 2.37. The molecule has 2 aliphatic rings. The lowest BCUT2D eigenvalue weighted by atomic mass is 9.81. The summed E-state index contributed by atoms with van der Waals surface area (Å²) in [6.07, 6.45) is 8.41. The SMILES string of the molecule is CCCNC1CC2CCCC(C1)N2CCC(=O)NCC. The number of hydrogen-bond donors (Lipinski definition) is 2. The fraction of sp³-hybridized carbons (Fsp3) is 0.938. The Morgan fingerprint density at radius 2 is 1.90 bits per heavy atom. The summed E-state index contributed by atoms with van der Waals surface area (Å²) in [5, 5.41) is 6.61. The minimum atomic E-state index is 0.205. The van der Waals surface area contributed by atoms with E-state index in [0.29, 0.717) is 24.5 Å². The number of nitrogens with one attached hydrogen (secondary N) is 2. The van der Waals surface area contributed by atoms with Crippen molar-refractivity contribution in [1.82, 2.24) is 15.5 Å². The molecule has 2 heterocycles. The first-order valence-corrected chi connectivity index (χ1v) is 8.50. The van der Waals surface area contributed by atoms with Crippen molar-refractivity contribution < 1.29 is 4.79 Å². The van der Waals surface area contributed by atoms with Gasteiger partial charge in [-0.25, -0.2) is 0 Å². The van der Waals surface area contributed by atoms with Crippen LogP contribution >= 0.6 is 0 Å². The molecular formula is C16H31N3O. The molecule has 2 N–H and O–H groups in total. The van der Waals surface area contributed by atoms with Crippen molar-refractivity contribution in [2.24, 2.45) is 0 Å². The van der Waals surface area contributed by atoms with Crippen LogP contribution in [0.3, 0.4) is 0 Å². The molecule has 0 spiro atoms. The highest BCUT2D eigenvalue weighted by Crippen LogP contribution is 2.34. The van der Waals surface area contributed by atoms with Gasteiger partial charge in [-0.3, -0.25) is 9.69 Å². The molecule has 0 aliphatic carbocycles. The molecule has 2 atom stereocenters. The van der Waals surface area contributed by atoms with Gasteiger partial charge in [-0.05, 0) is 45.6 Å². The summed E-state index contributed by atoms with van der Waals surface area (Å²) in [4.78, 5) is 14.3. The van der Waals surface area contributed by atoms with Crippen LogP contribution in [0.2, 0.25) is 0 Å². The number of fused-ring (bicyclic) bond motifs is 2. The van der Waals surface area contributed by atoms with Crippen molar-refractivity contribution in [2.45, 2.75) is 76.9 Å². The average Bonchev–Trinajstić information content (AvgIpc) is 2.42. The fourth-order valence-electron chi connectivity index (χ4n) is 3.87. The molecule has 4 nitrogen and oxygen atoms in total. The lowest BCUT2D eigenvalue weighted by molar-refractivity contribution is -0.121. The van der Waals surface area contributed by atoms with Crippen molar-refractivity contribution in [1.29, 1.82) is 0 Å². The standard InChI is InChI=1S/C16H31N3O/c1-3-9-18-13-11-14-6-5-7-15(12-13)19(14)10-8-16(20)17-4-2/h13-15,18H,3-12H2,1-2H3,(H,17,20). The quantitative estimate of drug-likeness (QED) is 0.749. The van der Waals surface area contributed by atoms with Gasteiger partial charge in [0, 0.05) is 37.6 Å². The summed E-state index contributed by atoms with van der Waals surface area (Å²) in [5.74, 6) is 0.205. The van der Waals surface area contributed by atoms with Gasteiger partial charge in [0.2, 0.25) is 5.91 Å². The summed E-state index contributed by atoms with van der Waals surface area (Å²) in [7, 11) is 0. The van der Waals surface area contributed by atoms with E-state index >= 15 is 0 Å². The van der Waals surface area contributed by atoms with Gasteiger partial charge >= 0.3 is 0 Å². The Labute approximate surface area is 123 Å². The van der Waals surface area contributed by atoms with Gasteiger partial charge < -0.3 is 10.6 Å². The second-order valence-corrected chi connectivity index (χ2v) is 6.30. The van der Waals surface area contributed by atoms with Crippen LogP contribution in [0.25, 0.3) is 0 Å². The Morgan fingerprint density at radius 3 is 2.50 bits per heavy atom. The summed E-state index contributed by atoms with van der Waals surface area (Å²) in [6, 6.07) is 2.10. The Balaban J connectivity index is 1.83. The predicted molar refractivity (Wildman–Crippen MR) is 82.7 cm³/mol. The van der Waals surface area contributed by atoms with Gasteiger partial charge in [0.1, 0.15) is 0 Å². The molecule has 2 saturated heterocycles. The summed E-state index contributed by atoms with van der Waals surface area (Å²) >= 11 is 0. The first kappa shape index (κ1) is 15.8. The van der Waals surface area contributed by atoms with Crippen molar-refractivity contribution >= 4 is 5.91 Å². The van der Waals surface area contributed by atoms with Gasteiger partial charge in [0.25, 0.3) is 0 Å². The molecule has 4 heteroatoms. The minimum Gasteiger partial charge on any atom is -0.356 e. The molecule has 0 aromatic rings. The topological polar surface area (TPSA) is 44.4 Å². The predicted octanol–water partition coefficient (Wildman–Crippen LogP) is 1.90. The van der Waals surface area contributed by atoms with Crippen LogP contribution in [0, 0.1) is 0 Å². The van der Waals surface area contributed by atoms with Gasteiger partial charge in [0.15, 0.2) is 0 Å². The van der Waals surface area contributed by atoms with E-state index in [-0.39, 0.29) is 5.91 Å². The van der Waals surface area contributed by atoms with Crippen molar-refractivity contribution in [3.05, 3.63) is 0 Å². The molecule has 0 aromatic carbocycles. The van der Waals surface area contributed by atoms with E-state index < -0.39 is 0 Å². The Bertz CT molecular complexity index is 294. The molecule has 2 rings (SSSR count). The molecular weight excluding hydrogens is 250 g/mol. The molecule has 20 heavy (non-hydrogen) atoms. The largest absolute Gasteiger partial charge is 0.356 e. The van der Waals surface area contributed by atoms with Gasteiger partial charge in [0.05, 0.1) is 0 Å². The third kappa shape index (κ3) is 4.19. The Kier molecular flexibility index (Phi) is 6.30. The van der Waals surface area contributed by atoms with Crippen LogP contribution in [0.1, 0.15) is 58.8 Å². The lowest BCUT2D eigenvalue weighted by Crippen LogP contribution is -2.56. The van der Waals surface area contributed by atoms with E-state index in [4.69, 9.17) is 0 Å². The maximum absolute atomic E-state index is 11.7.